The SMILES string of the molecule is Cc1cc(-n2cc(Br)cn2)c(C(=O)O)c(C)n1. The van der Waals surface area contributed by atoms with Crippen LogP contribution in [0.25, 0.3) is 5.69 Å². The molecule has 0 atom stereocenters. The predicted octanol–water partition coefficient (Wildman–Crippen LogP) is 2.34. The topological polar surface area (TPSA) is 68.0 Å². The van der Waals surface area contributed by atoms with E-state index in [0.717, 1.165) is 10.2 Å². The summed E-state index contributed by atoms with van der Waals surface area (Å²) < 4.78 is 2.32. The second-order valence-corrected chi connectivity index (χ2v) is 4.57. The highest BCUT2D eigenvalue weighted by atomic mass is 79.9. The Balaban J connectivity index is 2.71. The van der Waals surface area contributed by atoms with Gasteiger partial charge in [0.1, 0.15) is 5.56 Å². The van der Waals surface area contributed by atoms with Crippen molar-refractivity contribution in [2.45, 2.75) is 13.8 Å². The first-order valence-corrected chi connectivity index (χ1v) is 5.70. The first-order valence-electron chi connectivity index (χ1n) is 4.91. The molecule has 0 saturated heterocycles. The van der Waals surface area contributed by atoms with E-state index in [1.807, 2.05) is 6.92 Å². The molecule has 0 bridgehead atoms. The van der Waals surface area contributed by atoms with Crippen LogP contribution in [-0.2, 0) is 0 Å². The molecule has 0 aliphatic carbocycles. The number of aromatic carboxylic acids is 1. The molecule has 0 saturated carbocycles. The number of aryl methyl sites for hydroxylation is 2. The molecular formula is C11H10BrN3O2. The van der Waals surface area contributed by atoms with Gasteiger partial charge in [-0.1, -0.05) is 0 Å². The Morgan fingerprint density at radius 2 is 2.18 bits per heavy atom. The number of carbonyl (C=O) groups is 1. The molecule has 0 fully saturated rings. The van der Waals surface area contributed by atoms with Crippen LogP contribution in [0.1, 0.15) is 21.7 Å². The van der Waals surface area contributed by atoms with Crippen molar-refractivity contribution >= 4 is 21.9 Å². The molecule has 88 valence electrons. The molecule has 0 spiro atoms. The molecule has 1 N–H and O–H groups in total. The lowest BCUT2D eigenvalue weighted by molar-refractivity contribution is 0.0695. The van der Waals surface area contributed by atoms with Gasteiger partial charge in [-0.25, -0.2) is 9.48 Å². The molecular weight excluding hydrogens is 286 g/mol. The third kappa shape index (κ3) is 2.21. The van der Waals surface area contributed by atoms with Gasteiger partial charge in [-0.3, -0.25) is 4.98 Å². The molecule has 2 rings (SSSR count). The highest BCUT2D eigenvalue weighted by Gasteiger charge is 2.17. The first-order chi connectivity index (χ1) is 7.99. The van der Waals surface area contributed by atoms with E-state index in [-0.39, 0.29) is 5.56 Å². The fourth-order valence-electron chi connectivity index (χ4n) is 1.69. The largest absolute Gasteiger partial charge is 0.478 e. The zero-order valence-electron chi connectivity index (χ0n) is 9.31. The Morgan fingerprint density at radius 3 is 2.71 bits per heavy atom. The van der Waals surface area contributed by atoms with Crippen LogP contribution in [-0.4, -0.2) is 25.8 Å². The molecule has 0 aliphatic heterocycles. The van der Waals surface area contributed by atoms with Crippen molar-refractivity contribution in [3.05, 3.63) is 39.9 Å². The highest BCUT2D eigenvalue weighted by Crippen LogP contribution is 2.20. The molecule has 0 amide bonds. The Labute approximate surface area is 106 Å². The van der Waals surface area contributed by atoms with E-state index in [9.17, 15) is 9.90 Å². The normalized spacial score (nSPS) is 10.5. The quantitative estimate of drug-likeness (QED) is 0.923. The maximum Gasteiger partial charge on any atom is 0.339 e. The Bertz CT molecular complexity index is 592. The van der Waals surface area contributed by atoms with Gasteiger partial charge in [0.25, 0.3) is 0 Å². The number of nitrogens with zero attached hydrogens (tertiary/aromatic N) is 3. The van der Waals surface area contributed by atoms with Gasteiger partial charge in [0.2, 0.25) is 0 Å². The number of halogens is 1. The fourth-order valence-corrected chi connectivity index (χ4v) is 1.97. The standard InChI is InChI=1S/C11H10BrN3O2/c1-6-3-9(15-5-8(12)4-13-15)10(11(16)17)7(2)14-6/h3-5H,1-2H3,(H,16,17). The molecule has 0 aliphatic rings. The van der Waals surface area contributed by atoms with Crippen LogP contribution < -0.4 is 0 Å². The van der Waals surface area contributed by atoms with Crippen LogP contribution >= 0.6 is 15.9 Å². The van der Waals surface area contributed by atoms with E-state index < -0.39 is 5.97 Å². The molecule has 2 aromatic rings. The van der Waals surface area contributed by atoms with Gasteiger partial charge in [-0.15, -0.1) is 0 Å². The van der Waals surface area contributed by atoms with E-state index in [2.05, 4.69) is 26.0 Å². The van der Waals surface area contributed by atoms with E-state index in [4.69, 9.17) is 0 Å². The predicted molar refractivity (Wildman–Crippen MR) is 65.5 cm³/mol. The van der Waals surface area contributed by atoms with Gasteiger partial charge in [0.05, 0.1) is 22.1 Å². The zero-order valence-corrected chi connectivity index (χ0v) is 10.9. The minimum atomic E-state index is -1.00. The number of pyridine rings is 1. The maximum absolute atomic E-state index is 11.2. The molecule has 17 heavy (non-hydrogen) atoms. The lowest BCUT2D eigenvalue weighted by Gasteiger charge is -2.09. The summed E-state index contributed by atoms with van der Waals surface area (Å²) >= 11 is 3.28. The lowest BCUT2D eigenvalue weighted by atomic mass is 10.1. The van der Waals surface area contributed by atoms with E-state index >= 15 is 0 Å². The molecule has 2 heterocycles. The molecule has 0 radical (unpaired) electrons. The fraction of sp³-hybridized carbons (Fsp3) is 0.182. The summed E-state index contributed by atoms with van der Waals surface area (Å²) in [5.41, 5.74) is 1.94. The zero-order chi connectivity index (χ0) is 12.6. The second-order valence-electron chi connectivity index (χ2n) is 3.65. The Kier molecular flexibility index (Phi) is 2.97. The van der Waals surface area contributed by atoms with E-state index in [1.165, 1.54) is 4.68 Å². The summed E-state index contributed by atoms with van der Waals surface area (Å²) in [6.45, 7) is 3.50. The minimum absolute atomic E-state index is 0.172. The van der Waals surface area contributed by atoms with Gasteiger partial charge in [0, 0.05) is 11.9 Å². The number of hydrogen-bond acceptors (Lipinski definition) is 3. The van der Waals surface area contributed by atoms with Gasteiger partial charge in [-0.05, 0) is 35.8 Å². The first kappa shape index (κ1) is 11.8. The summed E-state index contributed by atoms with van der Waals surface area (Å²) in [7, 11) is 0. The summed E-state index contributed by atoms with van der Waals surface area (Å²) in [5.74, 6) is -1.00. The minimum Gasteiger partial charge on any atom is -0.478 e. The van der Waals surface area contributed by atoms with Crippen LogP contribution in [0.4, 0.5) is 0 Å². The maximum atomic E-state index is 11.2. The summed E-state index contributed by atoms with van der Waals surface area (Å²) in [4.78, 5) is 15.4. The summed E-state index contributed by atoms with van der Waals surface area (Å²) in [6.07, 6.45) is 3.32. The number of carboxylic acid groups (broad SMARTS) is 1. The van der Waals surface area contributed by atoms with Gasteiger partial charge < -0.3 is 5.11 Å². The van der Waals surface area contributed by atoms with Gasteiger partial charge in [-0.2, -0.15) is 5.10 Å². The lowest BCUT2D eigenvalue weighted by Crippen LogP contribution is -2.10. The molecule has 0 aromatic carbocycles. The van der Waals surface area contributed by atoms with Crippen molar-refractivity contribution < 1.29 is 9.90 Å². The van der Waals surface area contributed by atoms with Crippen molar-refractivity contribution in [2.75, 3.05) is 0 Å². The number of carboxylic acids is 1. The van der Waals surface area contributed by atoms with Crippen LogP contribution in [0.2, 0.25) is 0 Å². The highest BCUT2D eigenvalue weighted by molar-refractivity contribution is 9.10. The monoisotopic (exact) mass is 295 g/mol. The van der Waals surface area contributed by atoms with Crippen molar-refractivity contribution in [2.24, 2.45) is 0 Å². The molecule has 6 heteroatoms. The van der Waals surface area contributed by atoms with Crippen LogP contribution in [0.15, 0.2) is 22.9 Å². The summed E-state index contributed by atoms with van der Waals surface area (Å²) in [5, 5.41) is 13.3. The average molecular weight is 296 g/mol. The number of aromatic nitrogens is 3. The summed E-state index contributed by atoms with van der Waals surface area (Å²) in [6, 6.07) is 1.70. The Morgan fingerprint density at radius 1 is 1.47 bits per heavy atom. The van der Waals surface area contributed by atoms with Gasteiger partial charge >= 0.3 is 5.97 Å². The third-order valence-corrected chi connectivity index (χ3v) is 2.73. The average Bonchev–Trinajstić information content (AvgIpc) is 2.62. The van der Waals surface area contributed by atoms with Crippen molar-refractivity contribution in [3.63, 3.8) is 0 Å². The number of rotatable bonds is 2. The van der Waals surface area contributed by atoms with Crippen molar-refractivity contribution in [3.8, 4) is 5.69 Å². The van der Waals surface area contributed by atoms with E-state index in [1.54, 1.807) is 25.4 Å². The molecule has 2 aromatic heterocycles. The third-order valence-electron chi connectivity index (χ3n) is 2.32. The van der Waals surface area contributed by atoms with E-state index in [0.29, 0.717) is 11.4 Å². The van der Waals surface area contributed by atoms with Gasteiger partial charge in [0.15, 0.2) is 0 Å². The molecule has 5 nitrogen and oxygen atoms in total. The van der Waals surface area contributed by atoms with Crippen LogP contribution in [0.3, 0.4) is 0 Å². The molecule has 0 unspecified atom stereocenters. The van der Waals surface area contributed by atoms with Crippen LogP contribution in [0.5, 0.6) is 0 Å². The van der Waals surface area contributed by atoms with Crippen molar-refractivity contribution in [1.29, 1.82) is 0 Å². The van der Waals surface area contributed by atoms with Crippen LogP contribution in [0, 0.1) is 13.8 Å². The van der Waals surface area contributed by atoms with Crippen molar-refractivity contribution in [1.82, 2.24) is 14.8 Å². The number of hydrogen-bond donors (Lipinski definition) is 1. The second kappa shape index (κ2) is 4.29. The Hall–Kier alpha value is -1.69. The smallest absolute Gasteiger partial charge is 0.339 e.